The van der Waals surface area contributed by atoms with Gasteiger partial charge in [0.25, 0.3) is 0 Å². The lowest BCUT2D eigenvalue weighted by Crippen LogP contribution is -1.73. The van der Waals surface area contributed by atoms with Crippen molar-refractivity contribution in [1.29, 1.82) is 0 Å². The zero-order chi connectivity index (χ0) is 8.12. The Morgan fingerprint density at radius 1 is 0.917 bits per heavy atom. The van der Waals surface area contributed by atoms with Crippen LogP contribution < -0.4 is 0 Å². The van der Waals surface area contributed by atoms with Gasteiger partial charge in [0.1, 0.15) is 0 Å². The summed E-state index contributed by atoms with van der Waals surface area (Å²) in [6.07, 6.45) is 1.25. The van der Waals surface area contributed by atoms with E-state index in [9.17, 15) is 0 Å². The van der Waals surface area contributed by atoms with Crippen LogP contribution in [0.25, 0.3) is 0 Å². The molecule has 0 radical (unpaired) electrons. The number of hydrogen-bond acceptors (Lipinski definition) is 2. The van der Waals surface area contributed by atoms with Gasteiger partial charge >= 0.3 is 0 Å². The minimum absolute atomic E-state index is 0. The van der Waals surface area contributed by atoms with Crippen LogP contribution in [0.15, 0.2) is 0 Å². The molecule has 0 rings (SSSR count). The highest BCUT2D eigenvalue weighted by Gasteiger charge is 1.51. The summed E-state index contributed by atoms with van der Waals surface area (Å²) in [6.45, 7) is 7.03. The van der Waals surface area contributed by atoms with Crippen molar-refractivity contribution in [1.82, 2.24) is 0 Å². The van der Waals surface area contributed by atoms with Gasteiger partial charge in [0, 0.05) is 20.8 Å². The maximum atomic E-state index is 7.00. The Kier molecular flexibility index (Phi) is 426. The molecule has 0 aromatic rings. The summed E-state index contributed by atoms with van der Waals surface area (Å²) in [6, 6.07) is 0. The van der Waals surface area contributed by atoms with Gasteiger partial charge in [0.05, 0.1) is 0 Å². The molecule has 0 aliphatic heterocycles. The molecule has 0 aromatic heterocycles. The van der Waals surface area contributed by atoms with Crippen LogP contribution >= 0.6 is 0 Å². The molecule has 0 fully saturated rings. The molecule has 12 heavy (non-hydrogen) atoms. The van der Waals surface area contributed by atoms with Crippen molar-refractivity contribution in [3.05, 3.63) is 0 Å². The van der Waals surface area contributed by atoms with Crippen molar-refractivity contribution in [3.63, 3.8) is 0 Å². The molecule has 1 N–H and O–H groups in total. The minimum atomic E-state index is 0. The molecule has 0 aliphatic rings. The SMILES string of the molecule is C.C.C.CCC.CCOC.CO. The van der Waals surface area contributed by atoms with Gasteiger partial charge in [-0.05, 0) is 6.92 Å². The van der Waals surface area contributed by atoms with E-state index in [-0.39, 0.29) is 22.3 Å². The van der Waals surface area contributed by atoms with E-state index in [0.29, 0.717) is 0 Å². The van der Waals surface area contributed by atoms with Crippen LogP contribution in [0.3, 0.4) is 0 Å². The molecule has 2 nitrogen and oxygen atoms in total. The van der Waals surface area contributed by atoms with E-state index in [1.54, 1.807) is 7.11 Å². The fraction of sp³-hybridized carbons (Fsp3) is 1.00. The number of rotatable bonds is 1. The molecule has 0 amide bonds. The van der Waals surface area contributed by atoms with Crippen LogP contribution in [-0.4, -0.2) is 25.9 Å². The van der Waals surface area contributed by atoms with Crippen molar-refractivity contribution < 1.29 is 9.84 Å². The van der Waals surface area contributed by atoms with E-state index in [0.717, 1.165) is 13.7 Å². The lowest BCUT2D eigenvalue weighted by molar-refractivity contribution is 0.215. The normalized spacial score (nSPS) is 4.50. The molecule has 0 bridgehead atoms. The molecule has 0 saturated carbocycles. The largest absolute Gasteiger partial charge is 0.400 e. The molecule has 0 heterocycles. The smallest absolute Gasteiger partial charge is 0.0433 e. The quantitative estimate of drug-likeness (QED) is 0.675. The number of methoxy groups -OCH3 is 1. The summed E-state index contributed by atoms with van der Waals surface area (Å²) in [4.78, 5) is 0. The lowest BCUT2D eigenvalue weighted by atomic mass is 10.6. The highest BCUT2D eigenvalue weighted by atomic mass is 16.5. The Balaban J connectivity index is -0.0000000105. The van der Waals surface area contributed by atoms with Crippen molar-refractivity contribution in [2.75, 3.05) is 20.8 Å². The van der Waals surface area contributed by atoms with E-state index < -0.39 is 0 Å². The van der Waals surface area contributed by atoms with Crippen molar-refractivity contribution in [3.8, 4) is 0 Å². The second kappa shape index (κ2) is 126. The molecule has 0 unspecified atom stereocenters. The highest BCUT2D eigenvalue weighted by molar-refractivity contribution is 3.94. The first-order valence-electron chi connectivity index (χ1n) is 3.27. The standard InChI is InChI=1S/C3H8O.C3H8.CH4O.3CH4/c1-3-4-2;1-3-2;1-2;;;/h3H2,1-2H3;3H2,1-2H3;2H,1H3;3*1H4. The second-order valence-electron chi connectivity index (χ2n) is 1.28. The van der Waals surface area contributed by atoms with Crippen LogP contribution in [0, 0.1) is 0 Å². The molecule has 2 heteroatoms. The molecule has 0 saturated heterocycles. The second-order valence-corrected chi connectivity index (χ2v) is 1.28. The summed E-state index contributed by atoms with van der Waals surface area (Å²) in [5.74, 6) is 0. The first kappa shape index (κ1) is 40.6. The van der Waals surface area contributed by atoms with E-state index in [1.807, 2.05) is 6.92 Å². The Labute approximate surface area is 81.0 Å². The maximum absolute atomic E-state index is 7.00. The minimum Gasteiger partial charge on any atom is -0.400 e. The zero-order valence-corrected chi connectivity index (χ0v) is 7.27. The lowest BCUT2D eigenvalue weighted by Gasteiger charge is -1.76. The number of ether oxygens (including phenoxy) is 1. The van der Waals surface area contributed by atoms with Gasteiger partial charge in [-0.1, -0.05) is 42.5 Å². The summed E-state index contributed by atoms with van der Waals surface area (Å²) >= 11 is 0. The summed E-state index contributed by atoms with van der Waals surface area (Å²) in [5, 5.41) is 7.00. The molecule has 0 aliphatic carbocycles. The number of aliphatic hydroxyl groups is 1. The zero-order valence-electron chi connectivity index (χ0n) is 7.27. The van der Waals surface area contributed by atoms with Crippen molar-refractivity contribution in [2.24, 2.45) is 0 Å². The highest BCUT2D eigenvalue weighted by Crippen LogP contribution is 1.56. The van der Waals surface area contributed by atoms with Gasteiger partial charge in [-0.2, -0.15) is 0 Å². The topological polar surface area (TPSA) is 29.5 Å². The average molecular weight is 184 g/mol. The monoisotopic (exact) mass is 184 g/mol. The molecule has 84 valence electrons. The van der Waals surface area contributed by atoms with E-state index >= 15 is 0 Å². The van der Waals surface area contributed by atoms with Gasteiger partial charge in [-0.15, -0.1) is 0 Å². The Bertz CT molecular complexity index is 15.3. The fourth-order valence-electron chi connectivity index (χ4n) is 0. The first-order chi connectivity index (χ1) is 4.33. The summed E-state index contributed by atoms with van der Waals surface area (Å²) in [7, 11) is 2.68. The number of aliphatic hydroxyl groups excluding tert-OH is 1. The molecular weight excluding hydrogens is 152 g/mol. The summed E-state index contributed by atoms with van der Waals surface area (Å²) < 4.78 is 4.54. The van der Waals surface area contributed by atoms with Crippen LogP contribution in [0.5, 0.6) is 0 Å². The van der Waals surface area contributed by atoms with Crippen LogP contribution in [0.4, 0.5) is 0 Å². The Morgan fingerprint density at radius 3 is 1.00 bits per heavy atom. The third kappa shape index (κ3) is 933. The summed E-state index contributed by atoms with van der Waals surface area (Å²) in [5.41, 5.74) is 0. The first-order valence-corrected chi connectivity index (χ1v) is 3.27. The average Bonchev–Trinajstić information content (AvgIpc) is 1.94. The van der Waals surface area contributed by atoms with Gasteiger partial charge in [0.2, 0.25) is 0 Å². The van der Waals surface area contributed by atoms with Gasteiger partial charge in [-0.25, -0.2) is 0 Å². The van der Waals surface area contributed by atoms with Crippen LogP contribution in [-0.2, 0) is 4.74 Å². The van der Waals surface area contributed by atoms with E-state index in [1.165, 1.54) is 6.42 Å². The maximum Gasteiger partial charge on any atom is 0.0433 e. The molecule has 0 spiro atoms. The Morgan fingerprint density at radius 2 is 1.00 bits per heavy atom. The molecule has 0 atom stereocenters. The van der Waals surface area contributed by atoms with Crippen LogP contribution in [0.2, 0.25) is 0 Å². The molecular formula is C10H32O2. The predicted octanol–water partition coefficient (Wildman–Crippen LogP) is 3.59. The third-order valence-corrected chi connectivity index (χ3v) is 0.289. The molecule has 0 aromatic carbocycles. The van der Waals surface area contributed by atoms with Crippen molar-refractivity contribution >= 4 is 0 Å². The van der Waals surface area contributed by atoms with Gasteiger partial charge in [0.15, 0.2) is 0 Å². The Hall–Kier alpha value is -0.0800. The van der Waals surface area contributed by atoms with Crippen LogP contribution in [0.1, 0.15) is 49.5 Å². The van der Waals surface area contributed by atoms with Gasteiger partial charge in [-0.3, -0.25) is 0 Å². The van der Waals surface area contributed by atoms with E-state index in [4.69, 9.17) is 5.11 Å². The predicted molar refractivity (Wildman–Crippen MR) is 61.9 cm³/mol. The third-order valence-electron chi connectivity index (χ3n) is 0.289. The van der Waals surface area contributed by atoms with Crippen molar-refractivity contribution in [2.45, 2.75) is 49.5 Å². The van der Waals surface area contributed by atoms with E-state index in [2.05, 4.69) is 18.6 Å². The van der Waals surface area contributed by atoms with Gasteiger partial charge < -0.3 is 9.84 Å². The number of hydrogen-bond donors (Lipinski definition) is 1. The fourth-order valence-corrected chi connectivity index (χ4v) is 0.